The molecule has 120 valence electrons. The summed E-state index contributed by atoms with van der Waals surface area (Å²) < 4.78 is 5.37. The Labute approximate surface area is 140 Å². The maximum Gasteiger partial charge on any atom is 0.253 e. The first kappa shape index (κ1) is 15.8. The maximum atomic E-state index is 12.0. The van der Waals surface area contributed by atoms with Gasteiger partial charge in [0, 0.05) is 29.5 Å². The number of rotatable bonds is 5. The van der Waals surface area contributed by atoms with Crippen molar-refractivity contribution in [2.45, 2.75) is 25.5 Å². The minimum absolute atomic E-state index is 0.0654. The van der Waals surface area contributed by atoms with Gasteiger partial charge in [-0.3, -0.25) is 4.79 Å². The van der Waals surface area contributed by atoms with E-state index in [9.17, 15) is 4.79 Å². The van der Waals surface area contributed by atoms with E-state index in [-0.39, 0.29) is 12.0 Å². The monoisotopic (exact) mass is 330 g/mol. The fourth-order valence-corrected chi connectivity index (χ4v) is 2.61. The van der Waals surface area contributed by atoms with Gasteiger partial charge in [-0.05, 0) is 54.8 Å². The maximum absolute atomic E-state index is 12.0. The van der Waals surface area contributed by atoms with E-state index in [1.807, 2.05) is 48.5 Å². The van der Waals surface area contributed by atoms with E-state index < -0.39 is 0 Å². The van der Waals surface area contributed by atoms with E-state index in [0.29, 0.717) is 6.61 Å². The van der Waals surface area contributed by atoms with Gasteiger partial charge in [0.15, 0.2) is 0 Å². The highest BCUT2D eigenvalue weighted by molar-refractivity contribution is 6.30. The molecule has 1 heterocycles. The molecule has 3 rings (SSSR count). The van der Waals surface area contributed by atoms with Crippen molar-refractivity contribution in [2.24, 2.45) is 0 Å². The minimum atomic E-state index is -0.308. The molecule has 1 atom stereocenters. The molecular formula is C18H19ClN2O2. The van der Waals surface area contributed by atoms with E-state index in [0.717, 1.165) is 41.3 Å². The van der Waals surface area contributed by atoms with Gasteiger partial charge in [0.1, 0.15) is 6.10 Å². The minimum Gasteiger partial charge on any atom is -0.381 e. The standard InChI is InChI=1S/C18H19ClN2O2/c19-14-5-3-13(4-6-14)12-20-15-7-9-16(10-8-15)21-18(22)17-2-1-11-23-17/h3-10,17,20H,1-2,11-12H2,(H,21,22). The van der Waals surface area contributed by atoms with Gasteiger partial charge in [-0.1, -0.05) is 23.7 Å². The van der Waals surface area contributed by atoms with E-state index in [2.05, 4.69) is 10.6 Å². The van der Waals surface area contributed by atoms with Crippen LogP contribution < -0.4 is 10.6 Å². The number of nitrogens with one attached hydrogen (secondary N) is 2. The molecule has 1 fully saturated rings. The topological polar surface area (TPSA) is 50.4 Å². The number of hydrogen-bond donors (Lipinski definition) is 2. The Morgan fingerprint density at radius 1 is 1.09 bits per heavy atom. The molecule has 2 N–H and O–H groups in total. The Kier molecular flexibility index (Phi) is 5.16. The van der Waals surface area contributed by atoms with Gasteiger partial charge in [-0.25, -0.2) is 0 Å². The number of ether oxygens (including phenoxy) is 1. The number of benzene rings is 2. The smallest absolute Gasteiger partial charge is 0.253 e. The van der Waals surface area contributed by atoms with Gasteiger partial charge in [0.25, 0.3) is 5.91 Å². The first-order valence-corrected chi connectivity index (χ1v) is 8.09. The van der Waals surface area contributed by atoms with Crippen molar-refractivity contribution >= 4 is 28.9 Å². The Hall–Kier alpha value is -2.04. The van der Waals surface area contributed by atoms with E-state index in [1.54, 1.807) is 0 Å². The van der Waals surface area contributed by atoms with Crippen LogP contribution in [0.4, 0.5) is 11.4 Å². The molecule has 1 aliphatic heterocycles. The second-order valence-corrected chi connectivity index (χ2v) is 5.98. The second-order valence-electron chi connectivity index (χ2n) is 5.55. The first-order valence-electron chi connectivity index (χ1n) is 7.71. The predicted octanol–water partition coefficient (Wildman–Crippen LogP) is 4.07. The summed E-state index contributed by atoms with van der Waals surface area (Å²) in [7, 11) is 0. The molecule has 0 bridgehead atoms. The Morgan fingerprint density at radius 2 is 1.78 bits per heavy atom. The van der Waals surface area contributed by atoms with Crippen LogP contribution in [0.25, 0.3) is 0 Å². The summed E-state index contributed by atoms with van der Waals surface area (Å²) in [5, 5.41) is 6.96. The number of carbonyl (C=O) groups excluding carboxylic acids is 1. The third-order valence-corrected chi connectivity index (χ3v) is 4.04. The largest absolute Gasteiger partial charge is 0.381 e. The summed E-state index contributed by atoms with van der Waals surface area (Å²) in [5.41, 5.74) is 2.93. The van der Waals surface area contributed by atoms with Crippen molar-refractivity contribution in [2.75, 3.05) is 17.2 Å². The highest BCUT2D eigenvalue weighted by Gasteiger charge is 2.23. The molecule has 2 aromatic carbocycles. The average Bonchev–Trinajstić information content (AvgIpc) is 3.10. The van der Waals surface area contributed by atoms with Crippen LogP contribution in [-0.2, 0) is 16.1 Å². The van der Waals surface area contributed by atoms with E-state index in [1.165, 1.54) is 0 Å². The van der Waals surface area contributed by atoms with Crippen LogP contribution in [0.5, 0.6) is 0 Å². The first-order chi connectivity index (χ1) is 11.2. The number of anilines is 2. The third kappa shape index (κ3) is 4.47. The van der Waals surface area contributed by atoms with Crippen molar-refractivity contribution in [3.8, 4) is 0 Å². The highest BCUT2D eigenvalue weighted by atomic mass is 35.5. The summed E-state index contributed by atoms with van der Waals surface area (Å²) >= 11 is 5.87. The molecule has 1 amide bonds. The highest BCUT2D eigenvalue weighted by Crippen LogP contribution is 2.18. The predicted molar refractivity (Wildman–Crippen MR) is 92.8 cm³/mol. The Balaban J connectivity index is 1.52. The van der Waals surface area contributed by atoms with Crippen LogP contribution in [-0.4, -0.2) is 18.6 Å². The number of halogens is 1. The fraction of sp³-hybridized carbons (Fsp3) is 0.278. The van der Waals surface area contributed by atoms with Gasteiger partial charge in [0.2, 0.25) is 0 Å². The summed E-state index contributed by atoms with van der Waals surface area (Å²) in [6, 6.07) is 15.4. The lowest BCUT2D eigenvalue weighted by atomic mass is 10.2. The molecule has 2 aromatic rings. The summed E-state index contributed by atoms with van der Waals surface area (Å²) in [6.07, 6.45) is 1.44. The van der Waals surface area contributed by atoms with Crippen molar-refractivity contribution < 1.29 is 9.53 Å². The molecule has 0 radical (unpaired) electrons. The van der Waals surface area contributed by atoms with Crippen molar-refractivity contribution in [1.82, 2.24) is 0 Å². The molecule has 0 aromatic heterocycles. The third-order valence-electron chi connectivity index (χ3n) is 3.78. The molecule has 0 spiro atoms. The lowest BCUT2D eigenvalue weighted by molar-refractivity contribution is -0.124. The molecule has 0 saturated carbocycles. The second kappa shape index (κ2) is 7.49. The van der Waals surface area contributed by atoms with Crippen LogP contribution in [0.3, 0.4) is 0 Å². The van der Waals surface area contributed by atoms with E-state index in [4.69, 9.17) is 16.3 Å². The van der Waals surface area contributed by atoms with Gasteiger partial charge >= 0.3 is 0 Å². The van der Waals surface area contributed by atoms with Crippen molar-refractivity contribution in [3.63, 3.8) is 0 Å². The fourth-order valence-electron chi connectivity index (χ4n) is 2.48. The van der Waals surface area contributed by atoms with Crippen molar-refractivity contribution in [3.05, 3.63) is 59.1 Å². The zero-order valence-corrected chi connectivity index (χ0v) is 13.5. The molecule has 23 heavy (non-hydrogen) atoms. The molecule has 1 unspecified atom stereocenters. The molecule has 0 aliphatic carbocycles. The molecule has 1 saturated heterocycles. The molecular weight excluding hydrogens is 312 g/mol. The van der Waals surface area contributed by atoms with Crippen LogP contribution in [0.2, 0.25) is 5.02 Å². The van der Waals surface area contributed by atoms with Crippen LogP contribution in [0.1, 0.15) is 18.4 Å². The van der Waals surface area contributed by atoms with Crippen LogP contribution in [0, 0.1) is 0 Å². The zero-order valence-electron chi connectivity index (χ0n) is 12.7. The SMILES string of the molecule is O=C(Nc1ccc(NCc2ccc(Cl)cc2)cc1)C1CCCO1. The van der Waals surface area contributed by atoms with Crippen molar-refractivity contribution in [1.29, 1.82) is 0 Å². The lowest BCUT2D eigenvalue weighted by Crippen LogP contribution is -2.26. The Bertz CT molecular complexity index is 650. The molecule has 4 nitrogen and oxygen atoms in total. The number of amides is 1. The van der Waals surface area contributed by atoms with Crippen LogP contribution >= 0.6 is 11.6 Å². The zero-order chi connectivity index (χ0) is 16.1. The normalized spacial score (nSPS) is 17.0. The van der Waals surface area contributed by atoms with Crippen LogP contribution in [0.15, 0.2) is 48.5 Å². The average molecular weight is 331 g/mol. The summed E-state index contributed by atoms with van der Waals surface area (Å²) in [5.74, 6) is -0.0654. The van der Waals surface area contributed by atoms with Gasteiger partial charge < -0.3 is 15.4 Å². The quantitative estimate of drug-likeness (QED) is 0.868. The van der Waals surface area contributed by atoms with E-state index >= 15 is 0 Å². The summed E-state index contributed by atoms with van der Waals surface area (Å²) in [4.78, 5) is 12.0. The summed E-state index contributed by atoms with van der Waals surface area (Å²) in [6.45, 7) is 1.39. The van der Waals surface area contributed by atoms with Gasteiger partial charge in [0.05, 0.1) is 0 Å². The number of carbonyl (C=O) groups is 1. The lowest BCUT2D eigenvalue weighted by Gasteiger charge is -2.11. The van der Waals surface area contributed by atoms with Gasteiger partial charge in [-0.2, -0.15) is 0 Å². The van der Waals surface area contributed by atoms with Gasteiger partial charge in [-0.15, -0.1) is 0 Å². The Morgan fingerprint density at radius 3 is 2.43 bits per heavy atom. The molecule has 5 heteroatoms. The molecule has 1 aliphatic rings. The number of hydrogen-bond acceptors (Lipinski definition) is 3.